The average Bonchev–Trinajstić information content (AvgIpc) is 2.01. The highest BCUT2D eigenvalue weighted by Gasteiger charge is 2.22. The Morgan fingerprint density at radius 2 is 2.23 bits per heavy atom. The lowest BCUT2D eigenvalue weighted by Gasteiger charge is -2.36. The molecule has 1 aromatic carbocycles. The van der Waals surface area contributed by atoms with E-state index in [1.807, 2.05) is 12.1 Å². The summed E-state index contributed by atoms with van der Waals surface area (Å²) in [5.74, 6) is 1.16. The van der Waals surface area contributed by atoms with Crippen LogP contribution in [0.1, 0.15) is 5.56 Å². The van der Waals surface area contributed by atoms with Gasteiger partial charge in [-0.1, -0.05) is 12.1 Å². The van der Waals surface area contributed by atoms with E-state index >= 15 is 0 Å². The molecule has 0 atom stereocenters. The standard InChI is InChI=1S/C11H15NO/c1-12-7-10(8-12)5-9-3-2-4-11(13)6-9/h2-4,6,10,13H,5,7-8H2,1H3. The maximum Gasteiger partial charge on any atom is 0.115 e. The van der Waals surface area contributed by atoms with Gasteiger partial charge in [0.2, 0.25) is 0 Å². The zero-order valence-electron chi connectivity index (χ0n) is 7.90. The zero-order chi connectivity index (χ0) is 9.26. The molecule has 13 heavy (non-hydrogen) atoms. The van der Waals surface area contributed by atoms with Gasteiger partial charge in [0, 0.05) is 13.1 Å². The first kappa shape index (κ1) is 8.57. The van der Waals surface area contributed by atoms with Crippen LogP contribution in [-0.2, 0) is 6.42 Å². The van der Waals surface area contributed by atoms with Crippen molar-refractivity contribution in [1.82, 2.24) is 4.90 Å². The van der Waals surface area contributed by atoms with Gasteiger partial charge in [-0.2, -0.15) is 0 Å². The fraction of sp³-hybridized carbons (Fsp3) is 0.455. The van der Waals surface area contributed by atoms with Gasteiger partial charge in [-0.25, -0.2) is 0 Å². The van der Waals surface area contributed by atoms with Crippen LogP contribution in [0.5, 0.6) is 5.75 Å². The SMILES string of the molecule is CN1CC(Cc2cccc(O)c2)C1. The van der Waals surface area contributed by atoms with Crippen LogP contribution in [0.4, 0.5) is 0 Å². The van der Waals surface area contributed by atoms with E-state index in [1.165, 1.54) is 18.7 Å². The van der Waals surface area contributed by atoms with Gasteiger partial charge in [-0.15, -0.1) is 0 Å². The van der Waals surface area contributed by atoms with Crippen LogP contribution in [0.25, 0.3) is 0 Å². The first-order valence-electron chi connectivity index (χ1n) is 4.70. The van der Waals surface area contributed by atoms with Crippen molar-refractivity contribution in [2.75, 3.05) is 20.1 Å². The fourth-order valence-electron chi connectivity index (χ4n) is 1.97. The number of hydrogen-bond donors (Lipinski definition) is 1. The van der Waals surface area contributed by atoms with E-state index < -0.39 is 0 Å². The molecule has 1 heterocycles. The number of phenolic OH excluding ortho intramolecular Hbond substituents is 1. The van der Waals surface area contributed by atoms with Crippen LogP contribution in [0.2, 0.25) is 0 Å². The minimum atomic E-state index is 0.380. The van der Waals surface area contributed by atoms with E-state index in [2.05, 4.69) is 18.0 Å². The van der Waals surface area contributed by atoms with E-state index in [0.29, 0.717) is 5.75 Å². The van der Waals surface area contributed by atoms with Crippen LogP contribution in [0.3, 0.4) is 0 Å². The summed E-state index contributed by atoms with van der Waals surface area (Å²) in [6.07, 6.45) is 1.10. The van der Waals surface area contributed by atoms with Gasteiger partial charge in [-0.05, 0) is 37.1 Å². The predicted molar refractivity (Wildman–Crippen MR) is 52.8 cm³/mol. The molecule has 0 spiro atoms. The normalized spacial score (nSPS) is 18.5. The van der Waals surface area contributed by atoms with Crippen molar-refractivity contribution in [2.45, 2.75) is 6.42 Å². The summed E-state index contributed by atoms with van der Waals surface area (Å²) in [5.41, 5.74) is 1.25. The van der Waals surface area contributed by atoms with Crippen molar-refractivity contribution in [3.05, 3.63) is 29.8 Å². The molecule has 0 aliphatic carbocycles. The fourth-order valence-corrected chi connectivity index (χ4v) is 1.97. The Morgan fingerprint density at radius 1 is 1.46 bits per heavy atom. The van der Waals surface area contributed by atoms with Crippen LogP contribution in [0, 0.1) is 5.92 Å². The average molecular weight is 177 g/mol. The second kappa shape index (κ2) is 3.38. The van der Waals surface area contributed by atoms with Gasteiger partial charge in [0.25, 0.3) is 0 Å². The number of likely N-dealkylation sites (tertiary alicyclic amines) is 1. The summed E-state index contributed by atoms with van der Waals surface area (Å²) in [6.45, 7) is 2.38. The minimum absolute atomic E-state index is 0.380. The molecule has 1 fully saturated rings. The van der Waals surface area contributed by atoms with Crippen LogP contribution < -0.4 is 0 Å². The molecule has 70 valence electrons. The third kappa shape index (κ3) is 2.01. The van der Waals surface area contributed by atoms with Crippen molar-refractivity contribution >= 4 is 0 Å². The van der Waals surface area contributed by atoms with Gasteiger partial charge in [0.1, 0.15) is 5.75 Å². The Hall–Kier alpha value is -1.02. The lowest BCUT2D eigenvalue weighted by atomic mass is 9.93. The molecule has 2 rings (SSSR count). The lowest BCUT2D eigenvalue weighted by Crippen LogP contribution is -2.44. The van der Waals surface area contributed by atoms with Gasteiger partial charge in [0.05, 0.1) is 0 Å². The predicted octanol–water partition coefficient (Wildman–Crippen LogP) is 1.50. The summed E-state index contributed by atoms with van der Waals surface area (Å²) < 4.78 is 0. The van der Waals surface area contributed by atoms with E-state index in [0.717, 1.165) is 12.3 Å². The van der Waals surface area contributed by atoms with E-state index in [-0.39, 0.29) is 0 Å². The highest BCUT2D eigenvalue weighted by Crippen LogP contribution is 2.20. The molecule has 0 bridgehead atoms. The summed E-state index contributed by atoms with van der Waals surface area (Å²) in [5, 5.41) is 9.26. The molecule has 1 N–H and O–H groups in total. The first-order chi connectivity index (χ1) is 6.24. The molecule has 1 saturated heterocycles. The Labute approximate surface area is 78.8 Å². The third-order valence-corrected chi connectivity index (χ3v) is 2.57. The van der Waals surface area contributed by atoms with Crippen molar-refractivity contribution in [2.24, 2.45) is 5.92 Å². The quantitative estimate of drug-likeness (QED) is 0.740. The molecule has 2 heteroatoms. The number of hydrogen-bond acceptors (Lipinski definition) is 2. The molecule has 0 amide bonds. The summed E-state index contributed by atoms with van der Waals surface area (Å²) in [4.78, 5) is 2.31. The molecule has 0 unspecified atom stereocenters. The minimum Gasteiger partial charge on any atom is -0.508 e. The maximum absolute atomic E-state index is 9.26. The number of aromatic hydroxyl groups is 1. The Morgan fingerprint density at radius 3 is 2.85 bits per heavy atom. The van der Waals surface area contributed by atoms with Crippen molar-refractivity contribution in [1.29, 1.82) is 0 Å². The topological polar surface area (TPSA) is 23.5 Å². The monoisotopic (exact) mass is 177 g/mol. The second-order valence-corrected chi connectivity index (χ2v) is 3.96. The summed E-state index contributed by atoms with van der Waals surface area (Å²) in [6, 6.07) is 7.57. The largest absolute Gasteiger partial charge is 0.508 e. The molecule has 1 aliphatic rings. The smallest absolute Gasteiger partial charge is 0.115 e. The van der Waals surface area contributed by atoms with E-state index in [1.54, 1.807) is 6.07 Å². The van der Waals surface area contributed by atoms with Gasteiger partial charge < -0.3 is 10.0 Å². The Bertz CT molecular complexity index is 292. The lowest BCUT2D eigenvalue weighted by molar-refractivity contribution is 0.134. The Kier molecular flexibility index (Phi) is 2.23. The second-order valence-electron chi connectivity index (χ2n) is 3.96. The molecule has 1 aliphatic heterocycles. The van der Waals surface area contributed by atoms with Gasteiger partial charge in [0.15, 0.2) is 0 Å². The number of phenols is 1. The zero-order valence-corrected chi connectivity index (χ0v) is 7.90. The number of rotatable bonds is 2. The number of benzene rings is 1. The van der Waals surface area contributed by atoms with Crippen LogP contribution in [0.15, 0.2) is 24.3 Å². The first-order valence-corrected chi connectivity index (χ1v) is 4.70. The molecular formula is C11H15NO. The molecule has 0 radical (unpaired) electrons. The molecular weight excluding hydrogens is 162 g/mol. The van der Waals surface area contributed by atoms with Crippen molar-refractivity contribution in [3.8, 4) is 5.75 Å². The maximum atomic E-state index is 9.26. The number of nitrogens with zero attached hydrogens (tertiary/aromatic N) is 1. The molecule has 2 nitrogen and oxygen atoms in total. The third-order valence-electron chi connectivity index (χ3n) is 2.57. The molecule has 0 saturated carbocycles. The Balaban J connectivity index is 1.94. The molecule has 0 aromatic heterocycles. The molecule has 1 aromatic rings. The van der Waals surface area contributed by atoms with Gasteiger partial charge >= 0.3 is 0 Å². The van der Waals surface area contributed by atoms with E-state index in [4.69, 9.17) is 0 Å². The highest BCUT2D eigenvalue weighted by atomic mass is 16.3. The summed E-state index contributed by atoms with van der Waals surface area (Å²) in [7, 11) is 2.14. The van der Waals surface area contributed by atoms with Crippen LogP contribution >= 0.6 is 0 Å². The van der Waals surface area contributed by atoms with E-state index in [9.17, 15) is 5.11 Å². The summed E-state index contributed by atoms with van der Waals surface area (Å²) >= 11 is 0. The van der Waals surface area contributed by atoms with Gasteiger partial charge in [-0.3, -0.25) is 0 Å². The van der Waals surface area contributed by atoms with Crippen molar-refractivity contribution in [3.63, 3.8) is 0 Å². The highest BCUT2D eigenvalue weighted by molar-refractivity contribution is 5.27. The van der Waals surface area contributed by atoms with Crippen LogP contribution in [-0.4, -0.2) is 30.1 Å². The van der Waals surface area contributed by atoms with Crippen molar-refractivity contribution < 1.29 is 5.11 Å².